The molecular formula is C23H22N4O2S. The lowest BCUT2D eigenvalue weighted by atomic mass is 10.1. The fraction of sp³-hybridized carbons (Fsp3) is 0.174. The summed E-state index contributed by atoms with van der Waals surface area (Å²) in [5, 5.41) is 13.1. The minimum atomic E-state index is -0.149. The summed E-state index contributed by atoms with van der Waals surface area (Å²) in [5.41, 5.74) is 5.37. The Balaban J connectivity index is 1.36. The van der Waals surface area contributed by atoms with Gasteiger partial charge in [0.05, 0.1) is 35.3 Å². The maximum atomic E-state index is 12.7. The Hall–Kier alpha value is -3.45. The highest BCUT2D eigenvalue weighted by Crippen LogP contribution is 2.24. The summed E-state index contributed by atoms with van der Waals surface area (Å²) < 4.78 is 5.18. The van der Waals surface area contributed by atoms with Gasteiger partial charge in [0.1, 0.15) is 5.75 Å². The number of H-pyrrole nitrogens is 1. The van der Waals surface area contributed by atoms with Crippen molar-refractivity contribution in [3.63, 3.8) is 0 Å². The number of aromatic nitrogens is 3. The molecule has 2 N–H and O–H groups in total. The van der Waals surface area contributed by atoms with Crippen molar-refractivity contribution < 1.29 is 9.53 Å². The van der Waals surface area contributed by atoms with Gasteiger partial charge in [-0.15, -0.1) is 11.3 Å². The summed E-state index contributed by atoms with van der Waals surface area (Å²) in [5.74, 6) is 0.615. The van der Waals surface area contributed by atoms with Gasteiger partial charge in [-0.3, -0.25) is 9.89 Å². The van der Waals surface area contributed by atoms with E-state index in [1.807, 2.05) is 31.2 Å². The van der Waals surface area contributed by atoms with Gasteiger partial charge in [-0.25, -0.2) is 4.98 Å². The zero-order valence-corrected chi connectivity index (χ0v) is 17.6. The molecule has 0 bridgehead atoms. The number of benzene rings is 2. The van der Waals surface area contributed by atoms with Gasteiger partial charge in [-0.05, 0) is 43.2 Å². The molecule has 2 heterocycles. The number of carbonyl (C=O) groups is 1. The van der Waals surface area contributed by atoms with Crippen molar-refractivity contribution in [3.05, 3.63) is 76.2 Å². The van der Waals surface area contributed by atoms with Gasteiger partial charge in [0.15, 0.2) is 0 Å². The average Bonchev–Trinajstić information content (AvgIpc) is 3.44. The maximum absolute atomic E-state index is 12.7. The van der Waals surface area contributed by atoms with E-state index >= 15 is 0 Å². The van der Waals surface area contributed by atoms with Gasteiger partial charge >= 0.3 is 0 Å². The average molecular weight is 419 g/mol. The number of thiazole rings is 1. The number of nitrogens with one attached hydrogen (secondary N) is 2. The molecule has 0 aliphatic rings. The number of ether oxygens (including phenoxy) is 1. The van der Waals surface area contributed by atoms with Gasteiger partial charge in [0.25, 0.3) is 5.91 Å². The summed E-state index contributed by atoms with van der Waals surface area (Å²) in [6.07, 6.45) is 2.30. The fourth-order valence-electron chi connectivity index (χ4n) is 3.19. The highest BCUT2D eigenvalue weighted by molar-refractivity contribution is 7.09. The number of rotatable bonds is 7. The van der Waals surface area contributed by atoms with Crippen LogP contribution in [0.2, 0.25) is 0 Å². The summed E-state index contributed by atoms with van der Waals surface area (Å²) in [7, 11) is 1.62. The standard InChI is InChI=1S/C23H22N4O2S/c1-15-26-21(14-30-15)17-5-3-16(4-6-17)11-12-24-23(28)20-13-25-27-22(20)18-7-9-19(29-2)10-8-18/h3-10,13-14H,11-12H2,1-2H3,(H,24,28)(H,25,27). The maximum Gasteiger partial charge on any atom is 0.255 e. The van der Waals surface area contributed by atoms with Crippen LogP contribution in [0.4, 0.5) is 0 Å². The molecule has 2 aromatic carbocycles. The molecule has 0 spiro atoms. The Labute approximate surface area is 179 Å². The second-order valence-electron chi connectivity index (χ2n) is 6.84. The van der Waals surface area contributed by atoms with E-state index in [0.717, 1.165) is 39.6 Å². The van der Waals surface area contributed by atoms with Crippen LogP contribution in [0.5, 0.6) is 5.75 Å². The molecule has 1 amide bonds. The third-order valence-electron chi connectivity index (χ3n) is 4.83. The van der Waals surface area contributed by atoms with E-state index in [1.165, 1.54) is 0 Å². The topological polar surface area (TPSA) is 79.9 Å². The normalized spacial score (nSPS) is 10.7. The molecule has 4 rings (SSSR count). The van der Waals surface area contributed by atoms with Crippen LogP contribution in [0, 0.1) is 6.92 Å². The van der Waals surface area contributed by atoms with Crippen LogP contribution in [0.25, 0.3) is 22.5 Å². The third-order valence-corrected chi connectivity index (χ3v) is 5.60. The predicted molar refractivity (Wildman–Crippen MR) is 119 cm³/mol. The Morgan fingerprint density at radius 2 is 1.83 bits per heavy atom. The predicted octanol–water partition coefficient (Wildman–Crippen LogP) is 4.49. The van der Waals surface area contributed by atoms with E-state index < -0.39 is 0 Å². The fourth-order valence-corrected chi connectivity index (χ4v) is 3.81. The molecule has 152 valence electrons. The minimum absolute atomic E-state index is 0.149. The number of aryl methyl sites for hydroxylation is 1. The Morgan fingerprint density at radius 1 is 1.10 bits per heavy atom. The first kappa shape index (κ1) is 19.8. The summed E-state index contributed by atoms with van der Waals surface area (Å²) in [6.45, 7) is 2.55. The van der Waals surface area contributed by atoms with E-state index in [9.17, 15) is 4.79 Å². The van der Waals surface area contributed by atoms with Crippen molar-refractivity contribution in [2.24, 2.45) is 0 Å². The van der Waals surface area contributed by atoms with Gasteiger partial charge in [-0.1, -0.05) is 24.3 Å². The van der Waals surface area contributed by atoms with Crippen LogP contribution in [0.3, 0.4) is 0 Å². The molecule has 0 radical (unpaired) electrons. The lowest BCUT2D eigenvalue weighted by molar-refractivity contribution is 0.0955. The molecular weight excluding hydrogens is 396 g/mol. The van der Waals surface area contributed by atoms with E-state index in [-0.39, 0.29) is 5.91 Å². The molecule has 30 heavy (non-hydrogen) atoms. The molecule has 7 heteroatoms. The molecule has 0 unspecified atom stereocenters. The largest absolute Gasteiger partial charge is 0.497 e. The molecule has 0 saturated carbocycles. The first-order valence-corrected chi connectivity index (χ1v) is 10.5. The van der Waals surface area contributed by atoms with Gasteiger partial charge in [0.2, 0.25) is 0 Å². The van der Waals surface area contributed by atoms with E-state index in [1.54, 1.807) is 24.6 Å². The van der Waals surface area contributed by atoms with Crippen molar-refractivity contribution >= 4 is 17.2 Å². The quantitative estimate of drug-likeness (QED) is 0.463. The third kappa shape index (κ3) is 4.41. The lowest BCUT2D eigenvalue weighted by Crippen LogP contribution is -2.25. The molecule has 0 aliphatic carbocycles. The zero-order valence-electron chi connectivity index (χ0n) is 16.8. The van der Waals surface area contributed by atoms with Crippen molar-refractivity contribution in [3.8, 4) is 28.3 Å². The second kappa shape index (κ2) is 8.92. The number of carbonyl (C=O) groups excluding carboxylic acids is 1. The Kier molecular flexibility index (Phi) is 5.90. The lowest BCUT2D eigenvalue weighted by Gasteiger charge is -2.07. The minimum Gasteiger partial charge on any atom is -0.497 e. The van der Waals surface area contributed by atoms with Gasteiger partial charge < -0.3 is 10.1 Å². The number of aromatic amines is 1. The summed E-state index contributed by atoms with van der Waals surface area (Å²) >= 11 is 1.65. The zero-order chi connectivity index (χ0) is 20.9. The van der Waals surface area contributed by atoms with Crippen molar-refractivity contribution in [2.75, 3.05) is 13.7 Å². The van der Waals surface area contributed by atoms with Crippen LogP contribution in [-0.2, 0) is 6.42 Å². The van der Waals surface area contributed by atoms with Crippen LogP contribution >= 0.6 is 11.3 Å². The molecule has 0 fully saturated rings. The highest BCUT2D eigenvalue weighted by atomic mass is 32.1. The number of nitrogens with zero attached hydrogens (tertiary/aromatic N) is 2. The summed E-state index contributed by atoms with van der Waals surface area (Å²) in [6, 6.07) is 15.8. The van der Waals surface area contributed by atoms with Gasteiger partial charge in [-0.2, -0.15) is 5.10 Å². The molecule has 0 aliphatic heterocycles. The van der Waals surface area contributed by atoms with E-state index in [4.69, 9.17) is 4.74 Å². The first-order chi connectivity index (χ1) is 14.6. The second-order valence-corrected chi connectivity index (χ2v) is 7.90. The van der Waals surface area contributed by atoms with Crippen LogP contribution in [0.15, 0.2) is 60.1 Å². The molecule has 6 nitrogen and oxygen atoms in total. The van der Waals surface area contributed by atoms with Gasteiger partial charge in [0, 0.05) is 23.1 Å². The SMILES string of the molecule is COc1ccc(-c2[nH]ncc2C(=O)NCCc2ccc(-c3csc(C)n3)cc2)cc1. The Bertz CT molecular complexity index is 1130. The van der Waals surface area contributed by atoms with E-state index in [0.29, 0.717) is 17.8 Å². The number of amides is 1. The monoisotopic (exact) mass is 418 g/mol. The summed E-state index contributed by atoms with van der Waals surface area (Å²) in [4.78, 5) is 17.2. The molecule has 0 atom stereocenters. The number of methoxy groups -OCH3 is 1. The number of hydrogen-bond acceptors (Lipinski definition) is 5. The Morgan fingerprint density at radius 3 is 2.50 bits per heavy atom. The first-order valence-electron chi connectivity index (χ1n) is 9.61. The van der Waals surface area contributed by atoms with Crippen molar-refractivity contribution in [2.45, 2.75) is 13.3 Å². The van der Waals surface area contributed by atoms with E-state index in [2.05, 4.69) is 50.1 Å². The smallest absolute Gasteiger partial charge is 0.255 e. The highest BCUT2D eigenvalue weighted by Gasteiger charge is 2.15. The van der Waals surface area contributed by atoms with Crippen LogP contribution in [-0.4, -0.2) is 34.7 Å². The van der Waals surface area contributed by atoms with Crippen LogP contribution < -0.4 is 10.1 Å². The molecule has 4 aromatic rings. The number of hydrogen-bond donors (Lipinski definition) is 2. The van der Waals surface area contributed by atoms with Crippen molar-refractivity contribution in [1.29, 1.82) is 0 Å². The van der Waals surface area contributed by atoms with Crippen molar-refractivity contribution in [1.82, 2.24) is 20.5 Å². The van der Waals surface area contributed by atoms with Crippen LogP contribution in [0.1, 0.15) is 20.9 Å². The molecule has 0 saturated heterocycles. The molecule has 2 aromatic heterocycles.